The molecular formula is C17H25N3O6S. The number of aliphatic hydroxyl groups is 1. The first-order chi connectivity index (χ1) is 12.8. The molecule has 7 N–H and O–H groups in total. The van der Waals surface area contributed by atoms with E-state index in [-0.39, 0.29) is 18.6 Å². The van der Waals surface area contributed by atoms with Crippen molar-refractivity contribution in [2.75, 3.05) is 18.6 Å². The molecule has 0 radical (unpaired) electrons. The predicted octanol–water partition coefficient (Wildman–Crippen LogP) is -0.938. The molecule has 1 aromatic rings. The van der Waals surface area contributed by atoms with Gasteiger partial charge in [0.1, 0.15) is 23.9 Å². The SMILES string of the molecule is CSCCC(NC(=O)C(Cc1ccc(O)cc1)NC(=O)C(N)CO)C(=O)O. The highest BCUT2D eigenvalue weighted by atomic mass is 32.2. The maximum Gasteiger partial charge on any atom is 0.326 e. The second-order valence-corrected chi connectivity index (χ2v) is 6.89. The molecule has 0 aliphatic rings. The van der Waals surface area contributed by atoms with Gasteiger partial charge < -0.3 is 31.7 Å². The number of benzene rings is 1. The van der Waals surface area contributed by atoms with Crippen LogP contribution in [0.2, 0.25) is 0 Å². The first kappa shape index (κ1) is 22.7. The minimum atomic E-state index is -1.20. The number of phenols is 1. The highest BCUT2D eigenvalue weighted by Gasteiger charge is 2.27. The summed E-state index contributed by atoms with van der Waals surface area (Å²) in [5.74, 6) is -1.97. The Morgan fingerprint density at radius 3 is 2.22 bits per heavy atom. The number of nitrogens with two attached hydrogens (primary N) is 1. The number of aromatic hydroxyl groups is 1. The van der Waals surface area contributed by atoms with Gasteiger partial charge in [0.25, 0.3) is 0 Å². The van der Waals surface area contributed by atoms with E-state index in [2.05, 4.69) is 10.6 Å². The van der Waals surface area contributed by atoms with Gasteiger partial charge in [-0.2, -0.15) is 11.8 Å². The van der Waals surface area contributed by atoms with Crippen LogP contribution in [-0.2, 0) is 20.8 Å². The molecule has 0 fully saturated rings. The Kier molecular flexibility index (Phi) is 9.62. The summed E-state index contributed by atoms with van der Waals surface area (Å²) in [6.07, 6.45) is 2.12. The number of carboxylic acid groups (broad SMARTS) is 1. The molecule has 0 bridgehead atoms. The van der Waals surface area contributed by atoms with E-state index in [0.717, 1.165) is 0 Å². The van der Waals surface area contributed by atoms with Gasteiger partial charge in [-0.25, -0.2) is 4.79 Å². The van der Waals surface area contributed by atoms with Crippen LogP contribution in [0.4, 0.5) is 0 Å². The van der Waals surface area contributed by atoms with E-state index >= 15 is 0 Å². The van der Waals surface area contributed by atoms with E-state index in [1.54, 1.807) is 12.1 Å². The number of carboxylic acids is 1. The molecule has 0 saturated carbocycles. The van der Waals surface area contributed by atoms with Crippen molar-refractivity contribution in [2.24, 2.45) is 5.73 Å². The Morgan fingerprint density at radius 2 is 1.70 bits per heavy atom. The number of carbonyl (C=O) groups is 3. The maximum absolute atomic E-state index is 12.6. The third kappa shape index (κ3) is 7.85. The summed E-state index contributed by atoms with van der Waals surface area (Å²) in [4.78, 5) is 35.9. The normalized spacial score (nSPS) is 14.0. The Bertz CT molecular complexity index is 640. The average Bonchev–Trinajstić information content (AvgIpc) is 2.64. The molecule has 1 rings (SSSR count). The monoisotopic (exact) mass is 399 g/mol. The molecule has 0 aliphatic carbocycles. The van der Waals surface area contributed by atoms with Crippen molar-refractivity contribution in [2.45, 2.75) is 31.0 Å². The Hall–Kier alpha value is -2.30. The van der Waals surface area contributed by atoms with Crippen molar-refractivity contribution in [3.63, 3.8) is 0 Å². The lowest BCUT2D eigenvalue weighted by Crippen LogP contribution is -2.55. The van der Waals surface area contributed by atoms with Gasteiger partial charge in [-0.1, -0.05) is 12.1 Å². The summed E-state index contributed by atoms with van der Waals surface area (Å²) in [6, 6.07) is 2.65. The van der Waals surface area contributed by atoms with E-state index in [0.29, 0.717) is 11.3 Å². The lowest BCUT2D eigenvalue weighted by Gasteiger charge is -2.22. The van der Waals surface area contributed by atoms with Crippen molar-refractivity contribution in [1.29, 1.82) is 0 Å². The van der Waals surface area contributed by atoms with Crippen molar-refractivity contribution in [3.05, 3.63) is 29.8 Å². The van der Waals surface area contributed by atoms with Gasteiger partial charge in [-0.3, -0.25) is 9.59 Å². The van der Waals surface area contributed by atoms with Crippen LogP contribution in [0, 0.1) is 0 Å². The zero-order valence-corrected chi connectivity index (χ0v) is 15.7. The lowest BCUT2D eigenvalue weighted by molar-refractivity contribution is -0.142. The maximum atomic E-state index is 12.6. The van der Waals surface area contributed by atoms with Gasteiger partial charge in [0, 0.05) is 6.42 Å². The summed E-state index contributed by atoms with van der Waals surface area (Å²) in [5, 5.41) is 32.5. The smallest absolute Gasteiger partial charge is 0.326 e. The first-order valence-corrected chi connectivity index (χ1v) is 9.64. The van der Waals surface area contributed by atoms with E-state index in [4.69, 9.17) is 10.8 Å². The second kappa shape index (κ2) is 11.4. The molecule has 0 aliphatic heterocycles. The number of aliphatic carboxylic acids is 1. The molecule has 27 heavy (non-hydrogen) atoms. The van der Waals surface area contributed by atoms with E-state index in [1.165, 1.54) is 23.9 Å². The molecule has 10 heteroatoms. The molecule has 3 atom stereocenters. The van der Waals surface area contributed by atoms with Gasteiger partial charge in [-0.15, -0.1) is 0 Å². The fourth-order valence-electron chi connectivity index (χ4n) is 2.20. The van der Waals surface area contributed by atoms with E-state index in [1.807, 2.05) is 6.26 Å². The predicted molar refractivity (Wildman–Crippen MR) is 101 cm³/mol. The summed E-state index contributed by atoms with van der Waals surface area (Å²) in [7, 11) is 0. The van der Waals surface area contributed by atoms with Crippen molar-refractivity contribution in [3.8, 4) is 5.75 Å². The summed E-state index contributed by atoms with van der Waals surface area (Å²) in [5.41, 5.74) is 6.11. The molecule has 2 amide bonds. The Balaban J connectivity index is 2.92. The molecule has 3 unspecified atom stereocenters. The number of amides is 2. The number of hydrogen-bond acceptors (Lipinski definition) is 7. The molecule has 150 valence electrons. The summed E-state index contributed by atoms with van der Waals surface area (Å²) < 4.78 is 0. The van der Waals surface area contributed by atoms with Crippen LogP contribution in [0.3, 0.4) is 0 Å². The third-order valence-corrected chi connectivity index (χ3v) is 4.41. The Labute approximate surface area is 161 Å². The standard InChI is InChI=1S/C17H25N3O6S/c1-27-7-6-13(17(25)26)19-16(24)14(20-15(23)12(18)9-21)8-10-2-4-11(22)5-3-10/h2-5,12-14,21-22H,6-9,18H2,1H3,(H,19,24)(H,20,23)(H,25,26). The van der Waals surface area contributed by atoms with Crippen LogP contribution in [0.25, 0.3) is 0 Å². The topological polar surface area (TPSA) is 162 Å². The highest BCUT2D eigenvalue weighted by molar-refractivity contribution is 7.98. The van der Waals surface area contributed by atoms with Crippen LogP contribution in [0.1, 0.15) is 12.0 Å². The zero-order valence-electron chi connectivity index (χ0n) is 14.9. The number of nitrogens with one attached hydrogen (secondary N) is 2. The third-order valence-electron chi connectivity index (χ3n) is 3.77. The second-order valence-electron chi connectivity index (χ2n) is 5.90. The van der Waals surface area contributed by atoms with Gasteiger partial charge in [0.15, 0.2) is 0 Å². The number of phenolic OH excluding ortho intramolecular Hbond substituents is 1. The van der Waals surface area contributed by atoms with Gasteiger partial charge in [0.05, 0.1) is 6.61 Å². The number of thioether (sulfide) groups is 1. The van der Waals surface area contributed by atoms with E-state index in [9.17, 15) is 24.6 Å². The lowest BCUT2D eigenvalue weighted by atomic mass is 10.0. The van der Waals surface area contributed by atoms with Gasteiger partial charge >= 0.3 is 5.97 Å². The van der Waals surface area contributed by atoms with Crippen LogP contribution in [-0.4, -0.2) is 69.8 Å². The number of aliphatic hydroxyl groups excluding tert-OH is 1. The zero-order chi connectivity index (χ0) is 20.4. The minimum absolute atomic E-state index is 0.0501. The van der Waals surface area contributed by atoms with Crippen LogP contribution < -0.4 is 16.4 Å². The number of rotatable bonds is 11. The average molecular weight is 399 g/mol. The van der Waals surface area contributed by atoms with Crippen LogP contribution in [0.15, 0.2) is 24.3 Å². The van der Waals surface area contributed by atoms with Crippen LogP contribution in [0.5, 0.6) is 5.75 Å². The Morgan fingerprint density at radius 1 is 1.11 bits per heavy atom. The van der Waals surface area contributed by atoms with Crippen molar-refractivity contribution >= 4 is 29.5 Å². The van der Waals surface area contributed by atoms with E-state index < -0.39 is 42.5 Å². The van der Waals surface area contributed by atoms with Gasteiger partial charge in [-0.05, 0) is 36.1 Å². The summed E-state index contributed by atoms with van der Waals surface area (Å²) in [6.45, 7) is -0.592. The quantitative estimate of drug-likeness (QED) is 0.278. The summed E-state index contributed by atoms with van der Waals surface area (Å²) >= 11 is 1.45. The molecule has 0 aromatic heterocycles. The van der Waals surface area contributed by atoms with Crippen molar-refractivity contribution < 1.29 is 29.7 Å². The largest absolute Gasteiger partial charge is 0.508 e. The first-order valence-electron chi connectivity index (χ1n) is 8.25. The molecule has 0 saturated heterocycles. The fraction of sp³-hybridized carbons (Fsp3) is 0.471. The molecule has 1 aromatic carbocycles. The minimum Gasteiger partial charge on any atom is -0.508 e. The number of hydrogen-bond donors (Lipinski definition) is 6. The molecule has 0 heterocycles. The molecule has 9 nitrogen and oxygen atoms in total. The van der Waals surface area contributed by atoms with Crippen LogP contribution >= 0.6 is 11.8 Å². The fourth-order valence-corrected chi connectivity index (χ4v) is 2.68. The van der Waals surface area contributed by atoms with Gasteiger partial charge in [0.2, 0.25) is 11.8 Å². The van der Waals surface area contributed by atoms with Crippen molar-refractivity contribution in [1.82, 2.24) is 10.6 Å². The highest BCUT2D eigenvalue weighted by Crippen LogP contribution is 2.12. The molecule has 0 spiro atoms. The molecular weight excluding hydrogens is 374 g/mol. The number of carbonyl (C=O) groups excluding carboxylic acids is 2.